The molecule has 2 N–H and O–H groups in total. The molecule has 0 aromatic heterocycles. The highest BCUT2D eigenvalue weighted by Gasteiger charge is 2.25. The Morgan fingerprint density at radius 3 is 2.79 bits per heavy atom. The number of rotatable bonds is 4. The molecule has 1 atom stereocenters. The zero-order valence-corrected chi connectivity index (χ0v) is 11.6. The third kappa shape index (κ3) is 3.26. The second-order valence-corrected chi connectivity index (χ2v) is 5.36. The van der Waals surface area contributed by atoms with Crippen LogP contribution in [-0.2, 0) is 0 Å². The summed E-state index contributed by atoms with van der Waals surface area (Å²) in [5.74, 6) is -0.0423. The van der Waals surface area contributed by atoms with Gasteiger partial charge in [0.05, 0.1) is 5.56 Å². The maximum absolute atomic E-state index is 12.5. The lowest BCUT2D eigenvalue weighted by Gasteiger charge is -2.29. The number of carbonyl (C=O) groups is 1. The van der Waals surface area contributed by atoms with E-state index >= 15 is 0 Å². The van der Waals surface area contributed by atoms with Crippen LogP contribution < -0.4 is 5.32 Å². The van der Waals surface area contributed by atoms with E-state index in [-0.39, 0.29) is 17.7 Å². The molecule has 0 spiro atoms. The molecule has 1 aromatic carbocycles. The van der Waals surface area contributed by atoms with Crippen LogP contribution in [0.1, 0.15) is 37.0 Å². The average Bonchev–Trinajstić information content (AvgIpc) is 2.88. The topological polar surface area (TPSA) is 52.6 Å². The van der Waals surface area contributed by atoms with Crippen LogP contribution in [0, 0.1) is 0 Å². The number of hydrogen-bond acceptors (Lipinski definition) is 3. The highest BCUT2D eigenvalue weighted by molar-refractivity contribution is 5.97. The number of hydrogen-bond donors (Lipinski definition) is 2. The van der Waals surface area contributed by atoms with Crippen LogP contribution in [0.5, 0.6) is 5.75 Å². The zero-order chi connectivity index (χ0) is 13.8. The lowest BCUT2D eigenvalue weighted by Crippen LogP contribution is -2.44. The van der Waals surface area contributed by atoms with Crippen LogP contribution >= 0.6 is 0 Å². The van der Waals surface area contributed by atoms with E-state index in [2.05, 4.69) is 5.32 Å². The number of para-hydroxylation sites is 1. The average molecular weight is 262 g/mol. The van der Waals surface area contributed by atoms with Crippen LogP contribution in [0.2, 0.25) is 0 Å². The number of aromatic hydroxyl groups is 1. The number of phenolic OH excluding ortho intramolecular Hbond substituents is 1. The van der Waals surface area contributed by atoms with Crippen LogP contribution in [0.25, 0.3) is 0 Å². The summed E-state index contributed by atoms with van der Waals surface area (Å²) in [7, 11) is 0. The summed E-state index contributed by atoms with van der Waals surface area (Å²) in [6.07, 6.45) is 2.28. The fraction of sp³-hybridized carbons (Fsp3) is 0.533. The van der Waals surface area contributed by atoms with Crippen LogP contribution in [0.15, 0.2) is 24.3 Å². The lowest BCUT2D eigenvalue weighted by atomic mass is 10.1. The minimum atomic E-state index is -0.0956. The van der Waals surface area contributed by atoms with E-state index in [4.69, 9.17) is 0 Å². The summed E-state index contributed by atoms with van der Waals surface area (Å²) >= 11 is 0. The molecule has 1 amide bonds. The molecule has 0 radical (unpaired) electrons. The molecule has 1 aliphatic rings. The third-order valence-corrected chi connectivity index (χ3v) is 3.60. The molecular formula is C15H22N2O2. The SMILES string of the molecule is CC(C)N(CC1CCCN1)C(=O)c1ccccc1O. The first-order valence-electron chi connectivity index (χ1n) is 6.92. The number of nitrogens with one attached hydrogen (secondary N) is 1. The summed E-state index contributed by atoms with van der Waals surface area (Å²) in [4.78, 5) is 14.4. The Labute approximate surface area is 114 Å². The third-order valence-electron chi connectivity index (χ3n) is 3.60. The van der Waals surface area contributed by atoms with Crippen LogP contribution in [0.3, 0.4) is 0 Å². The number of phenols is 1. The summed E-state index contributed by atoms with van der Waals surface area (Å²) in [6, 6.07) is 7.23. The first-order chi connectivity index (χ1) is 9.09. The summed E-state index contributed by atoms with van der Waals surface area (Å²) in [6.45, 7) is 5.74. The van der Waals surface area contributed by atoms with E-state index in [0.717, 1.165) is 13.0 Å². The second kappa shape index (κ2) is 6.06. The van der Waals surface area contributed by atoms with Crippen LogP contribution in [0.4, 0.5) is 0 Å². The van der Waals surface area contributed by atoms with Crippen molar-refractivity contribution in [2.75, 3.05) is 13.1 Å². The molecule has 1 heterocycles. The standard InChI is InChI=1S/C15H22N2O2/c1-11(2)17(10-12-6-5-9-16-12)15(19)13-7-3-4-8-14(13)18/h3-4,7-8,11-12,16,18H,5-6,9-10H2,1-2H3. The van der Waals surface area contributed by atoms with Crippen molar-refractivity contribution in [3.63, 3.8) is 0 Å². The van der Waals surface area contributed by atoms with Gasteiger partial charge in [0.1, 0.15) is 5.75 Å². The minimum absolute atomic E-state index is 0.0533. The van der Waals surface area contributed by atoms with E-state index in [1.165, 1.54) is 6.42 Å². The molecule has 2 rings (SSSR count). The maximum atomic E-state index is 12.5. The Kier molecular flexibility index (Phi) is 4.43. The molecule has 1 saturated heterocycles. The molecule has 19 heavy (non-hydrogen) atoms. The molecule has 4 heteroatoms. The van der Waals surface area contributed by atoms with Gasteiger partial charge in [-0.15, -0.1) is 0 Å². The maximum Gasteiger partial charge on any atom is 0.257 e. The van der Waals surface area contributed by atoms with E-state index in [1.54, 1.807) is 24.3 Å². The van der Waals surface area contributed by atoms with Crippen molar-refractivity contribution >= 4 is 5.91 Å². The van der Waals surface area contributed by atoms with Gasteiger partial charge in [-0.1, -0.05) is 12.1 Å². The molecule has 1 aliphatic heterocycles. The Morgan fingerprint density at radius 2 is 2.21 bits per heavy atom. The van der Waals surface area contributed by atoms with Crippen molar-refractivity contribution in [3.05, 3.63) is 29.8 Å². The lowest BCUT2D eigenvalue weighted by molar-refractivity contribution is 0.0686. The molecule has 104 valence electrons. The molecule has 0 bridgehead atoms. The minimum Gasteiger partial charge on any atom is -0.507 e. The number of carbonyl (C=O) groups excluding carboxylic acids is 1. The predicted octanol–water partition coefficient (Wildman–Crippen LogP) is 1.99. The van der Waals surface area contributed by atoms with Gasteiger partial charge >= 0.3 is 0 Å². The van der Waals surface area contributed by atoms with E-state index < -0.39 is 0 Å². The van der Waals surface area contributed by atoms with Crippen molar-refractivity contribution in [2.45, 2.75) is 38.8 Å². The van der Waals surface area contributed by atoms with Gasteiger partial charge in [0.2, 0.25) is 0 Å². The fourth-order valence-corrected chi connectivity index (χ4v) is 2.49. The second-order valence-electron chi connectivity index (χ2n) is 5.36. The van der Waals surface area contributed by atoms with Crippen molar-refractivity contribution < 1.29 is 9.90 Å². The van der Waals surface area contributed by atoms with Gasteiger partial charge in [0, 0.05) is 18.6 Å². The fourth-order valence-electron chi connectivity index (χ4n) is 2.49. The first-order valence-corrected chi connectivity index (χ1v) is 6.92. The molecule has 1 aromatic rings. The van der Waals surface area contributed by atoms with Gasteiger partial charge in [-0.2, -0.15) is 0 Å². The molecule has 1 unspecified atom stereocenters. The molecule has 1 fully saturated rings. The highest BCUT2D eigenvalue weighted by Crippen LogP contribution is 2.20. The van der Waals surface area contributed by atoms with Gasteiger partial charge in [0.15, 0.2) is 0 Å². The Bertz CT molecular complexity index is 440. The number of amides is 1. The van der Waals surface area contributed by atoms with E-state index in [9.17, 15) is 9.90 Å². The van der Waals surface area contributed by atoms with E-state index in [0.29, 0.717) is 18.2 Å². The Morgan fingerprint density at radius 1 is 1.47 bits per heavy atom. The van der Waals surface area contributed by atoms with Gasteiger partial charge in [-0.25, -0.2) is 0 Å². The predicted molar refractivity (Wildman–Crippen MR) is 75.3 cm³/mol. The van der Waals surface area contributed by atoms with Gasteiger partial charge in [-0.05, 0) is 45.4 Å². The monoisotopic (exact) mass is 262 g/mol. The Balaban J connectivity index is 2.14. The Hall–Kier alpha value is -1.55. The molecular weight excluding hydrogens is 240 g/mol. The smallest absolute Gasteiger partial charge is 0.257 e. The highest BCUT2D eigenvalue weighted by atomic mass is 16.3. The van der Waals surface area contributed by atoms with Crippen molar-refractivity contribution in [1.82, 2.24) is 10.2 Å². The van der Waals surface area contributed by atoms with Crippen molar-refractivity contribution in [2.24, 2.45) is 0 Å². The number of nitrogens with zero attached hydrogens (tertiary/aromatic N) is 1. The molecule has 0 aliphatic carbocycles. The summed E-state index contributed by atoms with van der Waals surface area (Å²) in [5, 5.41) is 13.2. The largest absolute Gasteiger partial charge is 0.507 e. The summed E-state index contributed by atoms with van der Waals surface area (Å²) < 4.78 is 0. The van der Waals surface area contributed by atoms with Gasteiger partial charge < -0.3 is 15.3 Å². The van der Waals surface area contributed by atoms with Gasteiger partial charge in [0.25, 0.3) is 5.91 Å². The molecule has 0 saturated carbocycles. The zero-order valence-electron chi connectivity index (χ0n) is 11.6. The van der Waals surface area contributed by atoms with Crippen molar-refractivity contribution in [3.8, 4) is 5.75 Å². The summed E-state index contributed by atoms with van der Waals surface area (Å²) in [5.41, 5.74) is 0.384. The first kappa shape index (κ1) is 13.9. The quantitative estimate of drug-likeness (QED) is 0.872. The van der Waals surface area contributed by atoms with Gasteiger partial charge in [-0.3, -0.25) is 4.79 Å². The number of benzene rings is 1. The normalized spacial score (nSPS) is 18.8. The van der Waals surface area contributed by atoms with Crippen molar-refractivity contribution in [1.29, 1.82) is 0 Å². The van der Waals surface area contributed by atoms with Crippen LogP contribution in [-0.4, -0.2) is 41.1 Å². The van der Waals surface area contributed by atoms with E-state index in [1.807, 2.05) is 18.7 Å². The molecule has 4 nitrogen and oxygen atoms in total.